The summed E-state index contributed by atoms with van der Waals surface area (Å²) in [6, 6.07) is 2.45. The first-order valence-electron chi connectivity index (χ1n) is 6.95. The number of carbonyl (C=O) groups is 1. The van der Waals surface area contributed by atoms with Gasteiger partial charge in [0.15, 0.2) is 0 Å². The highest BCUT2D eigenvalue weighted by Crippen LogP contribution is 2.40. The second kappa shape index (κ2) is 6.33. The molecule has 3 N–H and O–H groups in total. The largest absolute Gasteiger partial charge is 0.396 e. The van der Waals surface area contributed by atoms with Gasteiger partial charge in [0, 0.05) is 26.2 Å². The molecule has 0 bridgehead atoms. The molecule has 2 heterocycles. The molecule has 1 unspecified atom stereocenters. The van der Waals surface area contributed by atoms with Crippen LogP contribution in [0.1, 0.15) is 28.1 Å². The number of rotatable bonds is 4. The second-order valence-corrected chi connectivity index (χ2v) is 6.47. The van der Waals surface area contributed by atoms with Crippen LogP contribution in [0.4, 0.5) is 10.7 Å². The Kier molecular flexibility index (Phi) is 4.70. The van der Waals surface area contributed by atoms with Crippen LogP contribution in [-0.2, 0) is 0 Å². The molecule has 0 aliphatic carbocycles. The van der Waals surface area contributed by atoms with Gasteiger partial charge in [-0.15, -0.1) is 11.3 Å². The van der Waals surface area contributed by atoms with E-state index >= 15 is 0 Å². The van der Waals surface area contributed by atoms with E-state index in [1.165, 1.54) is 11.3 Å². The molecule has 114 valence electrons. The highest BCUT2D eigenvalue weighted by Gasteiger charge is 2.32. The summed E-state index contributed by atoms with van der Waals surface area (Å²) in [5, 5.41) is 12.6. The Labute approximate surface area is 129 Å². The van der Waals surface area contributed by atoms with E-state index in [1.807, 2.05) is 14.1 Å². The number of anilines is 2. The van der Waals surface area contributed by atoms with Crippen molar-refractivity contribution in [1.82, 2.24) is 10.2 Å². The van der Waals surface area contributed by atoms with Crippen molar-refractivity contribution in [2.75, 3.05) is 44.9 Å². The molecule has 1 aromatic heterocycles. The Morgan fingerprint density at radius 2 is 2.33 bits per heavy atom. The molecule has 1 atom stereocenters. The van der Waals surface area contributed by atoms with E-state index < -0.39 is 0 Å². The van der Waals surface area contributed by atoms with Crippen molar-refractivity contribution in [3.63, 3.8) is 0 Å². The van der Waals surface area contributed by atoms with Crippen LogP contribution in [-0.4, -0.2) is 51.1 Å². The van der Waals surface area contributed by atoms with E-state index in [0.29, 0.717) is 22.2 Å². The third-order valence-electron chi connectivity index (χ3n) is 3.70. The third kappa shape index (κ3) is 2.96. The van der Waals surface area contributed by atoms with Crippen LogP contribution in [0.2, 0.25) is 0 Å². The Bertz CT molecular complexity index is 575. The molecule has 1 aliphatic heterocycles. The van der Waals surface area contributed by atoms with Gasteiger partial charge in [0.1, 0.15) is 15.9 Å². The monoisotopic (exact) mass is 307 g/mol. The predicted molar refractivity (Wildman–Crippen MR) is 85.8 cm³/mol. The van der Waals surface area contributed by atoms with Crippen LogP contribution >= 0.6 is 11.3 Å². The van der Waals surface area contributed by atoms with Gasteiger partial charge in [-0.05, 0) is 26.9 Å². The Hall–Kier alpha value is -1.78. The summed E-state index contributed by atoms with van der Waals surface area (Å²) in [5.41, 5.74) is 6.74. The summed E-state index contributed by atoms with van der Waals surface area (Å²) in [4.78, 5) is 16.9. The summed E-state index contributed by atoms with van der Waals surface area (Å²) >= 11 is 1.32. The van der Waals surface area contributed by atoms with E-state index in [1.54, 1.807) is 7.05 Å². The normalized spacial score (nSPS) is 18.0. The van der Waals surface area contributed by atoms with Crippen LogP contribution in [0.25, 0.3) is 0 Å². The SMILES string of the molecule is CNC(=O)c1c(N2CCCC2CN(C)C)sc(C#N)c1N. The lowest BCUT2D eigenvalue weighted by atomic mass is 10.2. The van der Waals surface area contributed by atoms with Gasteiger partial charge in [0.2, 0.25) is 0 Å². The number of nitriles is 1. The first-order valence-corrected chi connectivity index (χ1v) is 7.77. The summed E-state index contributed by atoms with van der Waals surface area (Å²) < 4.78 is 0. The molecule has 1 fully saturated rings. The number of nitrogens with two attached hydrogens (primary N) is 1. The third-order valence-corrected chi connectivity index (χ3v) is 4.84. The molecular weight excluding hydrogens is 286 g/mol. The molecule has 21 heavy (non-hydrogen) atoms. The topological polar surface area (TPSA) is 85.4 Å². The van der Waals surface area contributed by atoms with Crippen LogP contribution < -0.4 is 16.0 Å². The molecule has 1 amide bonds. The lowest BCUT2D eigenvalue weighted by Crippen LogP contribution is -2.38. The number of nitrogens with zero attached hydrogens (tertiary/aromatic N) is 3. The molecule has 7 heteroatoms. The van der Waals surface area contributed by atoms with Crippen molar-refractivity contribution in [1.29, 1.82) is 5.26 Å². The first kappa shape index (κ1) is 15.6. The van der Waals surface area contributed by atoms with Gasteiger partial charge in [-0.1, -0.05) is 0 Å². The number of nitrogen functional groups attached to an aromatic ring is 1. The van der Waals surface area contributed by atoms with Gasteiger partial charge in [-0.25, -0.2) is 0 Å². The minimum Gasteiger partial charge on any atom is -0.396 e. The average Bonchev–Trinajstić information content (AvgIpc) is 3.01. The highest BCUT2D eigenvalue weighted by atomic mass is 32.1. The van der Waals surface area contributed by atoms with Gasteiger partial charge in [-0.3, -0.25) is 4.79 Å². The van der Waals surface area contributed by atoms with E-state index in [2.05, 4.69) is 21.2 Å². The first-order chi connectivity index (χ1) is 9.99. The van der Waals surface area contributed by atoms with Crippen molar-refractivity contribution in [2.24, 2.45) is 0 Å². The second-order valence-electron chi connectivity index (χ2n) is 5.47. The van der Waals surface area contributed by atoms with E-state index in [9.17, 15) is 10.1 Å². The lowest BCUT2D eigenvalue weighted by molar-refractivity contribution is 0.0965. The van der Waals surface area contributed by atoms with Gasteiger partial charge in [0.05, 0.1) is 11.3 Å². The molecule has 0 aromatic carbocycles. The summed E-state index contributed by atoms with van der Waals surface area (Å²) in [7, 11) is 5.66. The quantitative estimate of drug-likeness (QED) is 0.870. The minimum absolute atomic E-state index is 0.226. The number of hydrogen-bond acceptors (Lipinski definition) is 6. The van der Waals surface area contributed by atoms with Crippen LogP contribution in [0.3, 0.4) is 0 Å². The van der Waals surface area contributed by atoms with Crippen LogP contribution in [0.5, 0.6) is 0 Å². The van der Waals surface area contributed by atoms with Gasteiger partial charge in [0.25, 0.3) is 5.91 Å². The number of hydrogen-bond donors (Lipinski definition) is 2. The van der Waals surface area contributed by atoms with E-state index in [-0.39, 0.29) is 5.91 Å². The van der Waals surface area contributed by atoms with Crippen molar-refractivity contribution in [3.8, 4) is 6.07 Å². The van der Waals surface area contributed by atoms with Crippen molar-refractivity contribution in [3.05, 3.63) is 10.4 Å². The Morgan fingerprint density at radius 1 is 1.62 bits per heavy atom. The van der Waals surface area contributed by atoms with Crippen molar-refractivity contribution >= 4 is 27.9 Å². The Morgan fingerprint density at radius 3 is 2.90 bits per heavy atom. The summed E-state index contributed by atoms with van der Waals surface area (Å²) in [5.74, 6) is -0.226. The minimum atomic E-state index is -0.226. The molecule has 2 rings (SSSR count). The van der Waals surface area contributed by atoms with Gasteiger partial charge < -0.3 is 20.9 Å². The molecule has 6 nitrogen and oxygen atoms in total. The smallest absolute Gasteiger partial charge is 0.256 e. The number of thiophene rings is 1. The zero-order valence-corrected chi connectivity index (χ0v) is 13.5. The zero-order chi connectivity index (χ0) is 15.6. The van der Waals surface area contributed by atoms with Crippen LogP contribution in [0, 0.1) is 11.3 Å². The van der Waals surface area contributed by atoms with Crippen molar-refractivity contribution in [2.45, 2.75) is 18.9 Å². The molecule has 0 saturated carbocycles. The fourth-order valence-corrected chi connectivity index (χ4v) is 3.89. The summed E-state index contributed by atoms with van der Waals surface area (Å²) in [6.45, 7) is 1.82. The fourth-order valence-electron chi connectivity index (χ4n) is 2.78. The molecule has 0 radical (unpaired) electrons. The number of likely N-dealkylation sites (N-methyl/N-ethyl adjacent to an activating group) is 1. The number of amides is 1. The van der Waals surface area contributed by atoms with Gasteiger partial charge in [-0.2, -0.15) is 5.26 Å². The van der Waals surface area contributed by atoms with Crippen LogP contribution in [0.15, 0.2) is 0 Å². The number of carbonyl (C=O) groups excluding carboxylic acids is 1. The van der Waals surface area contributed by atoms with E-state index in [0.717, 1.165) is 30.9 Å². The van der Waals surface area contributed by atoms with Crippen molar-refractivity contribution < 1.29 is 4.79 Å². The molecule has 0 spiro atoms. The van der Waals surface area contributed by atoms with E-state index in [4.69, 9.17) is 5.73 Å². The summed E-state index contributed by atoms with van der Waals surface area (Å²) in [6.07, 6.45) is 2.18. The highest BCUT2D eigenvalue weighted by molar-refractivity contribution is 7.17. The molecule has 1 aliphatic rings. The fraction of sp³-hybridized carbons (Fsp3) is 0.571. The predicted octanol–water partition coefficient (Wildman–Crippen LogP) is 1.09. The average molecular weight is 307 g/mol. The molecular formula is C14H21N5OS. The zero-order valence-electron chi connectivity index (χ0n) is 12.6. The Balaban J connectivity index is 2.43. The maximum atomic E-state index is 12.1. The molecule has 1 saturated heterocycles. The van der Waals surface area contributed by atoms with Gasteiger partial charge >= 0.3 is 0 Å². The maximum absolute atomic E-state index is 12.1. The standard InChI is InChI=1S/C14H21N5OS/c1-17-13(20)11-12(16)10(7-15)21-14(11)19-6-4-5-9(19)8-18(2)3/h9H,4-6,8,16H2,1-3H3,(H,17,20). The lowest BCUT2D eigenvalue weighted by Gasteiger charge is -2.28. The molecule has 1 aromatic rings. The maximum Gasteiger partial charge on any atom is 0.256 e. The number of nitrogens with one attached hydrogen (secondary N) is 1.